The number of hydrogen-bond acceptors (Lipinski definition) is 6. The first kappa shape index (κ1) is 19.0. The van der Waals surface area contributed by atoms with Crippen molar-refractivity contribution in [3.63, 3.8) is 0 Å². The van der Waals surface area contributed by atoms with E-state index in [9.17, 15) is 4.79 Å². The van der Waals surface area contributed by atoms with Gasteiger partial charge in [-0.1, -0.05) is 17.3 Å². The summed E-state index contributed by atoms with van der Waals surface area (Å²) in [6, 6.07) is 15.5. The van der Waals surface area contributed by atoms with Crippen LogP contribution < -0.4 is 15.0 Å². The molecule has 0 bridgehead atoms. The number of nitrogens with one attached hydrogen (secondary N) is 1. The summed E-state index contributed by atoms with van der Waals surface area (Å²) in [5, 5.41) is 6.74. The number of hydrogen-bond donors (Lipinski definition) is 1. The number of benzene rings is 2. The SMILES string of the molecule is COc1ccc(CNC(=O)c2nc(-c3ccc(N4CCCCC4)cc3)no2)cc1. The van der Waals surface area contributed by atoms with Crippen LogP contribution in [0.5, 0.6) is 5.75 Å². The fourth-order valence-electron chi connectivity index (χ4n) is 3.41. The summed E-state index contributed by atoms with van der Waals surface area (Å²) in [5.41, 5.74) is 2.98. The summed E-state index contributed by atoms with van der Waals surface area (Å²) < 4.78 is 10.3. The third kappa shape index (κ3) is 4.56. The Morgan fingerprint density at radius 2 is 1.79 bits per heavy atom. The van der Waals surface area contributed by atoms with Crippen LogP contribution in [0.2, 0.25) is 0 Å². The predicted octanol–water partition coefficient (Wildman–Crippen LogP) is 3.67. The lowest BCUT2D eigenvalue weighted by Crippen LogP contribution is -2.29. The van der Waals surface area contributed by atoms with Gasteiger partial charge in [0.25, 0.3) is 0 Å². The molecule has 1 amide bonds. The fourth-order valence-corrected chi connectivity index (χ4v) is 3.41. The van der Waals surface area contributed by atoms with Crippen molar-refractivity contribution in [2.75, 3.05) is 25.1 Å². The molecule has 0 unspecified atom stereocenters. The molecule has 7 heteroatoms. The van der Waals surface area contributed by atoms with Gasteiger partial charge in [-0.05, 0) is 61.2 Å². The van der Waals surface area contributed by atoms with E-state index in [0.717, 1.165) is 30.0 Å². The van der Waals surface area contributed by atoms with Crippen molar-refractivity contribution in [2.45, 2.75) is 25.8 Å². The third-order valence-corrected chi connectivity index (χ3v) is 5.08. The number of rotatable bonds is 6. The van der Waals surface area contributed by atoms with Crippen molar-refractivity contribution in [1.29, 1.82) is 0 Å². The Hall–Kier alpha value is -3.35. The van der Waals surface area contributed by atoms with E-state index in [1.807, 2.05) is 36.4 Å². The number of carbonyl (C=O) groups is 1. The maximum absolute atomic E-state index is 12.3. The number of aromatic nitrogens is 2. The molecule has 7 nitrogen and oxygen atoms in total. The second-order valence-corrected chi connectivity index (χ2v) is 7.05. The molecule has 29 heavy (non-hydrogen) atoms. The molecule has 3 aromatic rings. The van der Waals surface area contributed by atoms with Gasteiger partial charge in [0, 0.05) is 30.9 Å². The van der Waals surface area contributed by atoms with Crippen LogP contribution in [0.15, 0.2) is 53.1 Å². The molecule has 2 heterocycles. The van der Waals surface area contributed by atoms with Crippen LogP contribution >= 0.6 is 0 Å². The average molecular weight is 392 g/mol. The third-order valence-electron chi connectivity index (χ3n) is 5.08. The van der Waals surface area contributed by atoms with Gasteiger partial charge in [0.2, 0.25) is 5.82 Å². The molecule has 0 aliphatic carbocycles. The maximum atomic E-state index is 12.3. The quantitative estimate of drug-likeness (QED) is 0.689. The van der Waals surface area contributed by atoms with E-state index in [2.05, 4.69) is 32.5 Å². The fraction of sp³-hybridized carbons (Fsp3) is 0.318. The number of carbonyl (C=O) groups excluding carboxylic acids is 1. The molecule has 150 valence electrons. The van der Waals surface area contributed by atoms with Crippen molar-refractivity contribution >= 4 is 11.6 Å². The zero-order valence-electron chi connectivity index (χ0n) is 16.4. The first-order valence-corrected chi connectivity index (χ1v) is 9.83. The molecule has 1 aliphatic rings. The molecular weight excluding hydrogens is 368 g/mol. The predicted molar refractivity (Wildman–Crippen MR) is 110 cm³/mol. The van der Waals surface area contributed by atoms with E-state index in [4.69, 9.17) is 9.26 Å². The first-order chi connectivity index (χ1) is 14.2. The van der Waals surface area contributed by atoms with Gasteiger partial charge < -0.3 is 19.5 Å². The molecule has 1 fully saturated rings. The van der Waals surface area contributed by atoms with Crippen molar-refractivity contribution in [3.05, 3.63) is 60.0 Å². The molecule has 0 saturated carbocycles. The van der Waals surface area contributed by atoms with Gasteiger partial charge in [0.15, 0.2) is 0 Å². The van der Waals surface area contributed by atoms with Gasteiger partial charge in [0.05, 0.1) is 7.11 Å². The summed E-state index contributed by atoms with van der Waals surface area (Å²) in [6.07, 6.45) is 3.78. The zero-order chi connectivity index (χ0) is 20.1. The summed E-state index contributed by atoms with van der Waals surface area (Å²) in [4.78, 5) is 18.9. The largest absolute Gasteiger partial charge is 0.497 e. The number of nitrogens with zero attached hydrogens (tertiary/aromatic N) is 3. The lowest BCUT2D eigenvalue weighted by molar-refractivity contribution is 0.0907. The van der Waals surface area contributed by atoms with Gasteiger partial charge in [-0.15, -0.1) is 0 Å². The van der Waals surface area contributed by atoms with Gasteiger partial charge in [-0.25, -0.2) is 0 Å². The molecule has 1 N–H and O–H groups in total. The summed E-state index contributed by atoms with van der Waals surface area (Å²) >= 11 is 0. The monoisotopic (exact) mass is 392 g/mol. The average Bonchev–Trinajstić information content (AvgIpc) is 3.29. The minimum atomic E-state index is -0.399. The molecule has 2 aromatic carbocycles. The molecule has 1 aliphatic heterocycles. The van der Waals surface area contributed by atoms with E-state index < -0.39 is 5.91 Å². The van der Waals surface area contributed by atoms with Crippen LogP contribution in [-0.4, -0.2) is 36.2 Å². The maximum Gasteiger partial charge on any atom is 0.316 e. The van der Waals surface area contributed by atoms with Crippen LogP contribution in [0.4, 0.5) is 5.69 Å². The van der Waals surface area contributed by atoms with E-state index in [1.54, 1.807) is 7.11 Å². The number of piperidine rings is 1. The molecule has 4 rings (SSSR count). The number of anilines is 1. The lowest BCUT2D eigenvalue weighted by Gasteiger charge is -2.28. The molecule has 1 saturated heterocycles. The Morgan fingerprint density at radius 3 is 2.48 bits per heavy atom. The number of amides is 1. The van der Waals surface area contributed by atoms with E-state index in [-0.39, 0.29) is 5.89 Å². The Kier molecular flexibility index (Phi) is 5.74. The number of ether oxygens (including phenoxy) is 1. The highest BCUT2D eigenvalue weighted by Crippen LogP contribution is 2.23. The van der Waals surface area contributed by atoms with Crippen molar-refractivity contribution in [1.82, 2.24) is 15.5 Å². The van der Waals surface area contributed by atoms with Crippen molar-refractivity contribution in [3.8, 4) is 17.1 Å². The standard InChI is InChI=1S/C22H24N4O3/c1-28-19-11-5-16(6-12-19)15-23-21(27)22-24-20(25-29-22)17-7-9-18(10-8-17)26-13-3-2-4-14-26/h5-12H,2-4,13-15H2,1H3,(H,23,27). The highest BCUT2D eigenvalue weighted by molar-refractivity contribution is 5.89. The molecule has 0 atom stereocenters. The van der Waals surface area contributed by atoms with Crippen molar-refractivity contribution < 1.29 is 14.1 Å². The summed E-state index contributed by atoms with van der Waals surface area (Å²) in [7, 11) is 1.62. The Balaban J connectivity index is 1.37. The normalized spacial score (nSPS) is 13.9. The highest BCUT2D eigenvalue weighted by Gasteiger charge is 2.17. The Morgan fingerprint density at radius 1 is 1.07 bits per heavy atom. The lowest BCUT2D eigenvalue weighted by atomic mass is 10.1. The van der Waals surface area contributed by atoms with Gasteiger partial charge in [0.1, 0.15) is 5.75 Å². The highest BCUT2D eigenvalue weighted by atomic mass is 16.5. The van der Waals surface area contributed by atoms with Crippen molar-refractivity contribution in [2.24, 2.45) is 0 Å². The van der Waals surface area contributed by atoms with E-state index in [0.29, 0.717) is 12.4 Å². The first-order valence-electron chi connectivity index (χ1n) is 9.83. The summed E-state index contributed by atoms with van der Waals surface area (Å²) in [6.45, 7) is 2.56. The van der Waals surface area contributed by atoms with E-state index >= 15 is 0 Å². The van der Waals surface area contributed by atoms with Crippen LogP contribution in [0, 0.1) is 0 Å². The molecule has 0 radical (unpaired) electrons. The van der Waals surface area contributed by atoms with Crippen LogP contribution in [0.3, 0.4) is 0 Å². The molecule has 1 aromatic heterocycles. The Bertz CT molecular complexity index is 945. The van der Waals surface area contributed by atoms with Crippen LogP contribution in [0.25, 0.3) is 11.4 Å². The minimum Gasteiger partial charge on any atom is -0.497 e. The van der Waals surface area contributed by atoms with Crippen LogP contribution in [-0.2, 0) is 6.54 Å². The molecule has 0 spiro atoms. The summed E-state index contributed by atoms with van der Waals surface area (Å²) in [5.74, 6) is 0.732. The van der Waals surface area contributed by atoms with Crippen LogP contribution in [0.1, 0.15) is 35.5 Å². The zero-order valence-corrected chi connectivity index (χ0v) is 16.4. The smallest absolute Gasteiger partial charge is 0.316 e. The Labute approximate surface area is 169 Å². The number of methoxy groups -OCH3 is 1. The molecular formula is C22H24N4O3. The second-order valence-electron chi connectivity index (χ2n) is 7.05. The van der Waals surface area contributed by atoms with E-state index in [1.165, 1.54) is 24.9 Å². The second kappa shape index (κ2) is 8.77. The van der Waals surface area contributed by atoms with Gasteiger partial charge >= 0.3 is 11.8 Å². The van der Waals surface area contributed by atoms with Gasteiger partial charge in [-0.3, -0.25) is 4.79 Å². The topological polar surface area (TPSA) is 80.5 Å². The van der Waals surface area contributed by atoms with Gasteiger partial charge in [-0.2, -0.15) is 4.98 Å². The minimum absolute atomic E-state index is 0.0476.